The maximum absolute atomic E-state index is 12.8. The minimum atomic E-state index is -4.65. The van der Waals surface area contributed by atoms with Crippen LogP contribution in [0.15, 0.2) is 12.1 Å². The molecule has 0 aliphatic carbocycles. The summed E-state index contributed by atoms with van der Waals surface area (Å²) in [5, 5.41) is 13.1. The van der Waals surface area contributed by atoms with Gasteiger partial charge in [0, 0.05) is 6.04 Å². The second kappa shape index (κ2) is 6.16. The smallest absolute Gasteiger partial charge is 0.453 e. The van der Waals surface area contributed by atoms with E-state index >= 15 is 0 Å². The average molecular weight is 317 g/mol. The molecule has 0 radical (unpaired) electrons. The number of fused-ring (bicyclic) bond motifs is 1. The number of esters is 1. The van der Waals surface area contributed by atoms with Crippen LogP contribution in [0.25, 0.3) is 5.65 Å². The van der Waals surface area contributed by atoms with Gasteiger partial charge in [0.15, 0.2) is 5.65 Å². The van der Waals surface area contributed by atoms with Crippen molar-refractivity contribution in [3.05, 3.63) is 18.0 Å². The summed E-state index contributed by atoms with van der Waals surface area (Å²) in [4.78, 5) is 11.3. The molecule has 2 heterocycles. The van der Waals surface area contributed by atoms with Crippen LogP contribution in [-0.4, -0.2) is 38.4 Å². The van der Waals surface area contributed by atoms with Crippen molar-refractivity contribution in [3.63, 3.8) is 0 Å². The van der Waals surface area contributed by atoms with Crippen molar-refractivity contribution in [1.82, 2.24) is 19.8 Å². The van der Waals surface area contributed by atoms with Gasteiger partial charge in [-0.3, -0.25) is 4.79 Å². The maximum Gasteiger partial charge on any atom is 0.453 e. The Morgan fingerprint density at radius 3 is 2.77 bits per heavy atom. The van der Waals surface area contributed by atoms with Gasteiger partial charge in [-0.1, -0.05) is 0 Å². The number of carbonyl (C=O) groups excluding carboxylic acids is 1. The van der Waals surface area contributed by atoms with E-state index in [0.29, 0.717) is 4.52 Å². The quantitative estimate of drug-likeness (QED) is 0.848. The second-order valence-electron chi connectivity index (χ2n) is 4.56. The van der Waals surface area contributed by atoms with Crippen LogP contribution in [0.1, 0.15) is 26.1 Å². The lowest BCUT2D eigenvalue weighted by molar-refractivity contribution is -0.146. The molecule has 2 aromatic heterocycles. The summed E-state index contributed by atoms with van der Waals surface area (Å²) in [5.41, 5.74) is -0.0177. The lowest BCUT2D eigenvalue weighted by atomic mass is 10.2. The van der Waals surface area contributed by atoms with E-state index in [1.807, 2.05) is 0 Å². The lowest BCUT2D eigenvalue weighted by Gasteiger charge is -2.13. The molecule has 0 bridgehead atoms. The number of carbonyl (C=O) groups is 1. The van der Waals surface area contributed by atoms with Crippen molar-refractivity contribution in [2.24, 2.45) is 0 Å². The molecule has 0 aliphatic heterocycles. The van der Waals surface area contributed by atoms with Crippen LogP contribution in [0.5, 0.6) is 0 Å². The number of anilines is 1. The fourth-order valence-corrected chi connectivity index (χ4v) is 1.82. The number of nitrogens with one attached hydrogen (secondary N) is 1. The number of hydrogen-bond donors (Lipinski definition) is 1. The minimum absolute atomic E-state index is 0.0177. The van der Waals surface area contributed by atoms with Gasteiger partial charge in [0.2, 0.25) is 0 Å². The summed E-state index contributed by atoms with van der Waals surface area (Å²) in [7, 11) is 0. The number of nitrogens with zero attached hydrogens (tertiary/aromatic N) is 4. The van der Waals surface area contributed by atoms with Crippen molar-refractivity contribution in [3.8, 4) is 0 Å². The first-order valence-corrected chi connectivity index (χ1v) is 6.53. The molecule has 22 heavy (non-hydrogen) atoms. The molecule has 10 heteroatoms. The van der Waals surface area contributed by atoms with Gasteiger partial charge in [-0.2, -0.15) is 17.7 Å². The minimum Gasteiger partial charge on any atom is -0.466 e. The molecule has 7 nitrogen and oxygen atoms in total. The van der Waals surface area contributed by atoms with Crippen LogP contribution in [0.2, 0.25) is 0 Å². The Hall–Kier alpha value is -2.39. The monoisotopic (exact) mass is 317 g/mol. The molecule has 120 valence electrons. The van der Waals surface area contributed by atoms with Crippen LogP contribution < -0.4 is 5.32 Å². The van der Waals surface area contributed by atoms with Crippen LogP contribution in [0.4, 0.5) is 19.0 Å². The summed E-state index contributed by atoms with van der Waals surface area (Å²) >= 11 is 0. The zero-order valence-electron chi connectivity index (χ0n) is 11.9. The highest BCUT2D eigenvalue weighted by atomic mass is 19.4. The molecule has 1 atom stereocenters. The Labute approximate surface area is 123 Å². The van der Waals surface area contributed by atoms with Crippen molar-refractivity contribution in [2.45, 2.75) is 32.5 Å². The van der Waals surface area contributed by atoms with E-state index in [2.05, 4.69) is 20.6 Å². The molecule has 2 aromatic rings. The Balaban J connectivity index is 2.17. The van der Waals surface area contributed by atoms with Gasteiger partial charge in [0.05, 0.1) is 13.0 Å². The number of rotatable bonds is 5. The molecule has 0 aliphatic rings. The van der Waals surface area contributed by atoms with Crippen LogP contribution in [-0.2, 0) is 15.7 Å². The molecule has 0 saturated carbocycles. The van der Waals surface area contributed by atoms with Gasteiger partial charge >= 0.3 is 12.1 Å². The largest absolute Gasteiger partial charge is 0.466 e. The molecular formula is C12H14F3N5O2. The van der Waals surface area contributed by atoms with Gasteiger partial charge in [-0.05, 0) is 26.0 Å². The maximum atomic E-state index is 12.8. The highest BCUT2D eigenvalue weighted by molar-refractivity contribution is 5.70. The van der Waals surface area contributed by atoms with E-state index in [1.165, 1.54) is 12.1 Å². The van der Waals surface area contributed by atoms with Gasteiger partial charge in [0.25, 0.3) is 5.82 Å². The zero-order valence-corrected chi connectivity index (χ0v) is 11.9. The third-order valence-corrected chi connectivity index (χ3v) is 2.69. The topological polar surface area (TPSA) is 81.4 Å². The lowest BCUT2D eigenvalue weighted by Crippen LogP contribution is -2.22. The molecule has 1 unspecified atom stereocenters. The van der Waals surface area contributed by atoms with Crippen LogP contribution >= 0.6 is 0 Å². The standard InChI is InChI=1S/C12H14F3N5O2/c1-3-22-10(21)6-7(2)16-8-4-5-9-17-18-11(12(13,14)15)20(9)19-8/h4-5,7H,3,6H2,1-2H3,(H,16,19). The van der Waals surface area contributed by atoms with E-state index in [4.69, 9.17) is 4.74 Å². The Kier molecular flexibility index (Phi) is 4.48. The Bertz CT molecular complexity index is 670. The predicted molar refractivity (Wildman–Crippen MR) is 70.1 cm³/mol. The van der Waals surface area contributed by atoms with E-state index in [1.54, 1.807) is 13.8 Å². The number of hydrogen-bond acceptors (Lipinski definition) is 6. The van der Waals surface area contributed by atoms with Crippen molar-refractivity contribution in [1.29, 1.82) is 0 Å². The van der Waals surface area contributed by atoms with Crippen molar-refractivity contribution < 1.29 is 22.7 Å². The third kappa shape index (κ3) is 3.62. The summed E-state index contributed by atoms with van der Waals surface area (Å²) in [6.07, 6.45) is -4.58. The first-order valence-electron chi connectivity index (χ1n) is 6.53. The van der Waals surface area contributed by atoms with Crippen molar-refractivity contribution >= 4 is 17.4 Å². The van der Waals surface area contributed by atoms with E-state index in [0.717, 1.165) is 0 Å². The number of aromatic nitrogens is 4. The molecule has 0 saturated heterocycles. The molecule has 0 fully saturated rings. The fraction of sp³-hybridized carbons (Fsp3) is 0.500. The van der Waals surface area contributed by atoms with Gasteiger partial charge in [-0.25, -0.2) is 0 Å². The van der Waals surface area contributed by atoms with E-state index in [9.17, 15) is 18.0 Å². The molecule has 0 aromatic carbocycles. The highest BCUT2D eigenvalue weighted by Crippen LogP contribution is 2.27. The van der Waals surface area contributed by atoms with Crippen LogP contribution in [0, 0.1) is 0 Å². The van der Waals surface area contributed by atoms with E-state index in [-0.39, 0.29) is 30.5 Å². The second-order valence-corrected chi connectivity index (χ2v) is 4.56. The van der Waals surface area contributed by atoms with E-state index < -0.39 is 18.0 Å². The van der Waals surface area contributed by atoms with Crippen LogP contribution in [0.3, 0.4) is 0 Å². The fourth-order valence-electron chi connectivity index (χ4n) is 1.82. The predicted octanol–water partition coefficient (Wildman–Crippen LogP) is 1.90. The average Bonchev–Trinajstić information content (AvgIpc) is 2.81. The first-order chi connectivity index (χ1) is 10.3. The summed E-state index contributed by atoms with van der Waals surface area (Å²) in [6.45, 7) is 3.65. The Morgan fingerprint density at radius 2 is 2.14 bits per heavy atom. The van der Waals surface area contributed by atoms with Gasteiger partial charge < -0.3 is 10.1 Å². The number of ether oxygens (including phenoxy) is 1. The van der Waals surface area contributed by atoms with Gasteiger partial charge in [-0.15, -0.1) is 15.3 Å². The number of alkyl halides is 3. The first kappa shape index (κ1) is 16.0. The number of halogens is 3. The summed E-state index contributed by atoms with van der Waals surface area (Å²) < 4.78 is 43.7. The zero-order chi connectivity index (χ0) is 16.3. The summed E-state index contributed by atoms with van der Waals surface area (Å²) in [6, 6.07) is 2.47. The summed E-state index contributed by atoms with van der Waals surface area (Å²) in [5.74, 6) is -1.43. The van der Waals surface area contributed by atoms with Crippen molar-refractivity contribution in [2.75, 3.05) is 11.9 Å². The van der Waals surface area contributed by atoms with Gasteiger partial charge in [0.1, 0.15) is 5.82 Å². The Morgan fingerprint density at radius 1 is 1.41 bits per heavy atom. The third-order valence-electron chi connectivity index (χ3n) is 2.69. The molecule has 2 rings (SSSR count). The SMILES string of the molecule is CCOC(=O)CC(C)Nc1ccc2nnc(C(F)(F)F)n2n1. The normalized spacial score (nSPS) is 13.1. The highest BCUT2D eigenvalue weighted by Gasteiger charge is 2.37. The molecule has 0 spiro atoms. The molecule has 0 amide bonds. The molecular weight excluding hydrogens is 303 g/mol. The molecule has 1 N–H and O–H groups in total.